The highest BCUT2D eigenvalue weighted by Crippen LogP contribution is 2.43. The second-order valence-electron chi connectivity index (χ2n) is 10.0. The lowest BCUT2D eigenvalue weighted by atomic mass is 9.78. The first kappa shape index (κ1) is 26.8. The zero-order valence-electron chi connectivity index (χ0n) is 20.1. The lowest BCUT2D eigenvalue weighted by Crippen LogP contribution is -2.47. The Morgan fingerprint density at radius 3 is 2.28 bits per heavy atom. The van der Waals surface area contributed by atoms with Crippen LogP contribution in [0, 0.1) is 5.92 Å². The number of aliphatic hydroxyl groups excluding tert-OH is 1. The van der Waals surface area contributed by atoms with E-state index in [0.29, 0.717) is 25.7 Å². The van der Waals surface area contributed by atoms with E-state index in [1.165, 1.54) is 13.8 Å². The van der Waals surface area contributed by atoms with E-state index in [4.69, 9.17) is 14.2 Å². The summed E-state index contributed by atoms with van der Waals surface area (Å²) in [5, 5.41) is 33.1. The minimum absolute atomic E-state index is 0.0851. The highest BCUT2D eigenvalue weighted by molar-refractivity contribution is 5.88. The van der Waals surface area contributed by atoms with Gasteiger partial charge in [0.15, 0.2) is 0 Å². The van der Waals surface area contributed by atoms with E-state index in [1.807, 2.05) is 6.92 Å². The maximum Gasteiger partial charge on any atom is 0.333 e. The molecule has 2 bridgehead atoms. The molecule has 8 nitrogen and oxygen atoms in total. The van der Waals surface area contributed by atoms with Gasteiger partial charge in [-0.15, -0.1) is 0 Å². The van der Waals surface area contributed by atoms with Crippen molar-refractivity contribution in [2.45, 2.75) is 115 Å². The Kier molecular flexibility index (Phi) is 8.53. The number of fused-ring (bicyclic) bond motifs is 2. The molecule has 3 N–H and O–H groups in total. The Balaban J connectivity index is 2.37. The summed E-state index contributed by atoms with van der Waals surface area (Å²) < 4.78 is 16.9. The number of hydrogen-bond donors (Lipinski definition) is 3. The van der Waals surface area contributed by atoms with Gasteiger partial charge in [0.2, 0.25) is 0 Å². The summed E-state index contributed by atoms with van der Waals surface area (Å²) >= 11 is 0. The molecule has 0 amide bonds. The molecule has 184 valence electrons. The SMILES string of the molecule is C=C(C(=O)OCC)[C@@H]1CC[C@@](C)(O)[C@H]2CC[C@](C)(O2)[C@@H](OC(C)=O)CC[C@](C)(O)[C@H](O)C1. The molecule has 2 aliphatic heterocycles. The van der Waals surface area contributed by atoms with Gasteiger partial charge in [0.05, 0.1) is 30.0 Å². The van der Waals surface area contributed by atoms with Gasteiger partial charge in [0.1, 0.15) is 11.7 Å². The van der Waals surface area contributed by atoms with Crippen molar-refractivity contribution in [2.75, 3.05) is 6.61 Å². The van der Waals surface area contributed by atoms with Crippen LogP contribution in [0.2, 0.25) is 0 Å². The van der Waals surface area contributed by atoms with Crippen molar-refractivity contribution in [1.29, 1.82) is 0 Å². The highest BCUT2D eigenvalue weighted by Gasteiger charge is 2.50. The third kappa shape index (κ3) is 6.31. The van der Waals surface area contributed by atoms with Crippen LogP contribution >= 0.6 is 0 Å². The van der Waals surface area contributed by atoms with E-state index in [-0.39, 0.29) is 31.4 Å². The number of carbonyl (C=O) groups is 2. The third-order valence-corrected chi connectivity index (χ3v) is 7.17. The average Bonchev–Trinajstić information content (AvgIpc) is 3.11. The molecule has 0 aromatic rings. The molecule has 0 saturated carbocycles. The molecule has 0 aromatic carbocycles. The van der Waals surface area contributed by atoms with Crippen LogP contribution in [-0.2, 0) is 23.8 Å². The second kappa shape index (κ2) is 10.2. The molecule has 2 aliphatic rings. The van der Waals surface area contributed by atoms with E-state index in [0.717, 1.165) is 0 Å². The van der Waals surface area contributed by atoms with Crippen LogP contribution in [0.25, 0.3) is 0 Å². The maximum atomic E-state index is 12.3. The molecule has 0 unspecified atom stereocenters. The van der Waals surface area contributed by atoms with E-state index in [2.05, 4.69) is 6.58 Å². The fourth-order valence-electron chi connectivity index (χ4n) is 4.79. The Bertz CT molecular complexity index is 700. The summed E-state index contributed by atoms with van der Waals surface area (Å²) in [7, 11) is 0. The average molecular weight is 457 g/mol. The third-order valence-electron chi connectivity index (χ3n) is 7.17. The van der Waals surface area contributed by atoms with Gasteiger partial charge in [0.25, 0.3) is 0 Å². The molecular formula is C24H40O8. The van der Waals surface area contributed by atoms with Crippen molar-refractivity contribution in [3.63, 3.8) is 0 Å². The summed E-state index contributed by atoms with van der Waals surface area (Å²) in [5.74, 6) is -1.49. The smallest absolute Gasteiger partial charge is 0.333 e. The van der Waals surface area contributed by atoms with Crippen LogP contribution in [0.5, 0.6) is 0 Å². The van der Waals surface area contributed by atoms with Gasteiger partial charge in [-0.3, -0.25) is 4.79 Å². The molecule has 8 heteroatoms. The number of carbonyl (C=O) groups excluding carboxylic acids is 2. The quantitative estimate of drug-likeness (QED) is 0.435. The Morgan fingerprint density at radius 2 is 1.69 bits per heavy atom. The molecule has 2 heterocycles. The van der Waals surface area contributed by atoms with Crippen LogP contribution in [0.15, 0.2) is 12.2 Å². The van der Waals surface area contributed by atoms with Gasteiger partial charge in [-0.05, 0) is 78.6 Å². The molecule has 7 atom stereocenters. The zero-order valence-corrected chi connectivity index (χ0v) is 20.1. The zero-order chi connectivity index (χ0) is 24.3. The van der Waals surface area contributed by atoms with E-state index < -0.39 is 53.0 Å². The Labute approximate surface area is 190 Å². The summed E-state index contributed by atoms with van der Waals surface area (Å²) in [5.41, 5.74) is -3.30. The standard InChI is InChI=1S/C24H40O8/c1-7-30-21(27)15(2)17-8-11-23(5,29)19-10-13-24(6,32-19)20(31-16(3)25)9-12-22(4,28)18(26)14-17/h17-20,26,28-29H,2,7-14H2,1,3-6H3/t17-,18-,19-,20+,22+,23-,24+/m1/s1. The molecule has 2 rings (SSSR count). The molecule has 0 spiro atoms. The van der Waals surface area contributed by atoms with E-state index in [1.54, 1.807) is 13.8 Å². The fraction of sp³-hybridized carbons (Fsp3) is 0.833. The predicted molar refractivity (Wildman–Crippen MR) is 118 cm³/mol. The number of rotatable bonds is 4. The monoisotopic (exact) mass is 456 g/mol. The van der Waals surface area contributed by atoms with Gasteiger partial charge in [-0.1, -0.05) is 6.58 Å². The van der Waals surface area contributed by atoms with Crippen LogP contribution in [0.3, 0.4) is 0 Å². The first-order chi connectivity index (χ1) is 14.7. The van der Waals surface area contributed by atoms with Crippen LogP contribution in [0.1, 0.15) is 79.6 Å². The highest BCUT2D eigenvalue weighted by atomic mass is 16.6. The first-order valence-corrected chi connectivity index (χ1v) is 11.6. The van der Waals surface area contributed by atoms with Crippen molar-refractivity contribution >= 4 is 11.9 Å². The summed E-state index contributed by atoms with van der Waals surface area (Å²) in [6.45, 7) is 12.2. The topological polar surface area (TPSA) is 123 Å². The summed E-state index contributed by atoms with van der Waals surface area (Å²) in [6, 6.07) is 0. The molecule has 0 radical (unpaired) electrons. The van der Waals surface area contributed by atoms with Crippen molar-refractivity contribution in [3.05, 3.63) is 12.2 Å². The lowest BCUT2D eigenvalue weighted by Gasteiger charge is -2.37. The second-order valence-corrected chi connectivity index (χ2v) is 10.0. The van der Waals surface area contributed by atoms with Crippen LogP contribution in [0.4, 0.5) is 0 Å². The van der Waals surface area contributed by atoms with Crippen molar-refractivity contribution in [2.24, 2.45) is 5.92 Å². The van der Waals surface area contributed by atoms with E-state index in [9.17, 15) is 24.9 Å². The summed E-state index contributed by atoms with van der Waals surface area (Å²) in [4.78, 5) is 24.1. The van der Waals surface area contributed by atoms with Crippen molar-refractivity contribution in [1.82, 2.24) is 0 Å². The van der Waals surface area contributed by atoms with Gasteiger partial charge in [0, 0.05) is 12.5 Å². The number of esters is 2. The first-order valence-electron chi connectivity index (χ1n) is 11.6. The van der Waals surface area contributed by atoms with Crippen LogP contribution in [-0.4, -0.2) is 69.0 Å². The lowest BCUT2D eigenvalue weighted by molar-refractivity contribution is -0.185. The summed E-state index contributed by atoms with van der Waals surface area (Å²) in [6.07, 6.45) is 0.0718. The number of aliphatic hydroxyl groups is 3. The Morgan fingerprint density at radius 1 is 1.06 bits per heavy atom. The van der Waals surface area contributed by atoms with E-state index >= 15 is 0 Å². The Hall–Kier alpha value is -1.48. The minimum atomic E-state index is -1.49. The molecule has 2 fully saturated rings. The maximum absolute atomic E-state index is 12.3. The van der Waals surface area contributed by atoms with Crippen LogP contribution < -0.4 is 0 Å². The molecular weight excluding hydrogens is 416 g/mol. The molecule has 2 saturated heterocycles. The van der Waals surface area contributed by atoms with Gasteiger partial charge >= 0.3 is 11.9 Å². The minimum Gasteiger partial charge on any atom is -0.463 e. The van der Waals surface area contributed by atoms with Gasteiger partial charge < -0.3 is 29.5 Å². The molecule has 0 aromatic heterocycles. The predicted octanol–water partition coefficient (Wildman–Crippen LogP) is 2.42. The largest absolute Gasteiger partial charge is 0.463 e. The normalized spacial score (nSPS) is 41.0. The molecule has 32 heavy (non-hydrogen) atoms. The van der Waals surface area contributed by atoms with Gasteiger partial charge in [-0.2, -0.15) is 0 Å². The van der Waals surface area contributed by atoms with Crippen molar-refractivity contribution < 1.29 is 39.1 Å². The molecule has 0 aliphatic carbocycles. The number of hydrogen-bond acceptors (Lipinski definition) is 8. The van der Waals surface area contributed by atoms with Crippen molar-refractivity contribution in [3.8, 4) is 0 Å². The fourth-order valence-corrected chi connectivity index (χ4v) is 4.79. The number of ether oxygens (including phenoxy) is 3. The van der Waals surface area contributed by atoms with Gasteiger partial charge in [-0.25, -0.2) is 4.79 Å².